The molecule has 0 heterocycles. The molecule has 5 heteroatoms. The number of methoxy groups -OCH3 is 2. The van der Waals surface area contributed by atoms with Crippen LogP contribution in [0.5, 0.6) is 0 Å². The fourth-order valence-electron chi connectivity index (χ4n) is 3.20. The fourth-order valence-corrected chi connectivity index (χ4v) is 3.20. The first-order valence-electron chi connectivity index (χ1n) is 8.19. The minimum absolute atomic E-state index is 0.176. The van der Waals surface area contributed by atoms with Gasteiger partial charge in [0.05, 0.1) is 6.61 Å². The smallest absolute Gasteiger partial charge is 0.225 e. The Hall–Kier alpha value is -0.650. The Labute approximate surface area is 129 Å². The Morgan fingerprint density at radius 3 is 2.62 bits per heavy atom. The maximum Gasteiger partial charge on any atom is 0.225 e. The third kappa shape index (κ3) is 6.76. The van der Waals surface area contributed by atoms with E-state index in [9.17, 15) is 4.79 Å². The molecular formula is C16H32N2O3. The molecule has 0 spiro atoms. The molecule has 21 heavy (non-hydrogen) atoms. The number of nitrogens with zero attached hydrogens (tertiary/aromatic N) is 1. The van der Waals surface area contributed by atoms with Crippen LogP contribution in [-0.2, 0) is 14.3 Å². The maximum absolute atomic E-state index is 12.7. The summed E-state index contributed by atoms with van der Waals surface area (Å²) in [6.07, 6.45) is 6.33. The van der Waals surface area contributed by atoms with Gasteiger partial charge < -0.3 is 20.1 Å². The number of hydrogen-bond donors (Lipinski definition) is 1. The normalized spacial score (nSPS) is 22.2. The van der Waals surface area contributed by atoms with Gasteiger partial charge in [0.1, 0.15) is 0 Å². The van der Waals surface area contributed by atoms with Gasteiger partial charge in [0, 0.05) is 39.8 Å². The van der Waals surface area contributed by atoms with Gasteiger partial charge in [-0.05, 0) is 38.1 Å². The number of amides is 1. The minimum Gasteiger partial charge on any atom is -0.385 e. The molecular weight excluding hydrogens is 268 g/mol. The summed E-state index contributed by atoms with van der Waals surface area (Å²) in [5, 5.41) is 0. The predicted octanol–water partition coefficient (Wildman–Crippen LogP) is 1.65. The molecule has 1 aliphatic rings. The predicted molar refractivity (Wildman–Crippen MR) is 84.1 cm³/mol. The quantitative estimate of drug-likeness (QED) is 0.623. The van der Waals surface area contributed by atoms with Crippen LogP contribution < -0.4 is 5.73 Å². The number of rotatable bonds is 10. The lowest BCUT2D eigenvalue weighted by Gasteiger charge is -2.32. The monoisotopic (exact) mass is 300 g/mol. The van der Waals surface area contributed by atoms with E-state index >= 15 is 0 Å². The van der Waals surface area contributed by atoms with Crippen molar-refractivity contribution in [2.75, 3.05) is 47.1 Å². The number of hydrogen-bond acceptors (Lipinski definition) is 4. The molecule has 124 valence electrons. The topological polar surface area (TPSA) is 64.8 Å². The van der Waals surface area contributed by atoms with Gasteiger partial charge in [-0.15, -0.1) is 0 Å². The third-order valence-corrected chi connectivity index (χ3v) is 4.36. The molecule has 1 rings (SSSR count). The number of ether oxygens (including phenoxy) is 2. The highest BCUT2D eigenvalue weighted by atomic mass is 16.5. The van der Waals surface area contributed by atoms with Gasteiger partial charge in [-0.1, -0.05) is 12.8 Å². The molecule has 1 aliphatic carbocycles. The SMILES string of the molecule is COCCCN(CCOC)C(=O)C1CCCC(CCN)C1. The van der Waals surface area contributed by atoms with E-state index in [0.717, 1.165) is 45.2 Å². The highest BCUT2D eigenvalue weighted by Gasteiger charge is 2.29. The average Bonchev–Trinajstić information content (AvgIpc) is 2.51. The summed E-state index contributed by atoms with van der Waals surface area (Å²) in [6, 6.07) is 0. The highest BCUT2D eigenvalue weighted by molar-refractivity contribution is 5.79. The van der Waals surface area contributed by atoms with Gasteiger partial charge in [-0.3, -0.25) is 4.79 Å². The van der Waals surface area contributed by atoms with Crippen molar-refractivity contribution in [1.29, 1.82) is 0 Å². The van der Waals surface area contributed by atoms with E-state index < -0.39 is 0 Å². The zero-order chi connectivity index (χ0) is 15.5. The van der Waals surface area contributed by atoms with Gasteiger partial charge in [0.15, 0.2) is 0 Å². The molecule has 2 unspecified atom stereocenters. The highest BCUT2D eigenvalue weighted by Crippen LogP contribution is 2.32. The van der Waals surface area contributed by atoms with Crippen molar-refractivity contribution in [1.82, 2.24) is 4.90 Å². The maximum atomic E-state index is 12.7. The first-order chi connectivity index (χ1) is 10.2. The third-order valence-electron chi connectivity index (χ3n) is 4.36. The number of carbonyl (C=O) groups excluding carboxylic acids is 1. The van der Waals surface area contributed by atoms with Crippen LogP contribution in [0.15, 0.2) is 0 Å². The standard InChI is InChI=1S/C16H32N2O3/c1-20-11-4-9-18(10-12-21-2)16(19)15-6-3-5-14(13-15)7-8-17/h14-15H,3-13,17H2,1-2H3. The lowest BCUT2D eigenvalue weighted by atomic mass is 9.79. The van der Waals surface area contributed by atoms with Crippen LogP contribution in [0.1, 0.15) is 38.5 Å². The fraction of sp³-hybridized carbons (Fsp3) is 0.938. The van der Waals surface area contributed by atoms with Crippen molar-refractivity contribution in [3.8, 4) is 0 Å². The van der Waals surface area contributed by atoms with Gasteiger partial charge in [-0.2, -0.15) is 0 Å². The van der Waals surface area contributed by atoms with E-state index in [0.29, 0.717) is 31.6 Å². The second kappa shape index (κ2) is 11.0. The van der Waals surface area contributed by atoms with Gasteiger partial charge >= 0.3 is 0 Å². The zero-order valence-electron chi connectivity index (χ0n) is 13.7. The molecule has 0 saturated heterocycles. The lowest BCUT2D eigenvalue weighted by Crippen LogP contribution is -2.41. The Morgan fingerprint density at radius 1 is 1.19 bits per heavy atom. The molecule has 0 aliphatic heterocycles. The van der Waals surface area contributed by atoms with Crippen LogP contribution in [0.4, 0.5) is 0 Å². The van der Waals surface area contributed by atoms with Crippen molar-refractivity contribution in [2.45, 2.75) is 38.5 Å². The largest absolute Gasteiger partial charge is 0.385 e. The average molecular weight is 300 g/mol. The Kier molecular flexibility index (Phi) is 9.63. The van der Waals surface area contributed by atoms with Crippen molar-refractivity contribution in [3.05, 3.63) is 0 Å². The molecule has 0 aromatic heterocycles. The molecule has 0 radical (unpaired) electrons. The minimum atomic E-state index is 0.176. The molecule has 2 N–H and O–H groups in total. The summed E-state index contributed by atoms with van der Waals surface area (Å²) >= 11 is 0. The van der Waals surface area contributed by atoms with E-state index in [1.165, 1.54) is 6.42 Å². The van der Waals surface area contributed by atoms with E-state index in [2.05, 4.69) is 0 Å². The van der Waals surface area contributed by atoms with Gasteiger partial charge in [-0.25, -0.2) is 0 Å². The molecule has 1 amide bonds. The van der Waals surface area contributed by atoms with Gasteiger partial charge in [0.25, 0.3) is 0 Å². The summed E-state index contributed by atoms with van der Waals surface area (Å²) < 4.78 is 10.2. The van der Waals surface area contributed by atoms with Crippen molar-refractivity contribution in [3.63, 3.8) is 0 Å². The van der Waals surface area contributed by atoms with Crippen LogP contribution in [-0.4, -0.2) is 57.9 Å². The second-order valence-electron chi connectivity index (χ2n) is 5.97. The summed E-state index contributed by atoms with van der Waals surface area (Å²) in [5.41, 5.74) is 5.66. The number of carbonyl (C=O) groups is 1. The van der Waals surface area contributed by atoms with Crippen molar-refractivity contribution >= 4 is 5.91 Å². The number of nitrogens with two attached hydrogens (primary N) is 1. The molecule has 2 atom stereocenters. The van der Waals surface area contributed by atoms with Crippen LogP contribution in [0.2, 0.25) is 0 Å². The Balaban J connectivity index is 2.51. The lowest BCUT2D eigenvalue weighted by molar-refractivity contribution is -0.138. The molecule has 1 saturated carbocycles. The first-order valence-corrected chi connectivity index (χ1v) is 8.19. The molecule has 0 aromatic carbocycles. The van der Waals surface area contributed by atoms with Crippen LogP contribution in [0.3, 0.4) is 0 Å². The van der Waals surface area contributed by atoms with Crippen LogP contribution in [0, 0.1) is 11.8 Å². The summed E-state index contributed by atoms with van der Waals surface area (Å²) in [7, 11) is 3.37. The molecule has 5 nitrogen and oxygen atoms in total. The van der Waals surface area contributed by atoms with Gasteiger partial charge in [0.2, 0.25) is 5.91 Å². The van der Waals surface area contributed by atoms with Crippen LogP contribution >= 0.6 is 0 Å². The van der Waals surface area contributed by atoms with E-state index in [1.54, 1.807) is 14.2 Å². The first kappa shape index (κ1) is 18.4. The molecule has 0 aromatic rings. The summed E-state index contributed by atoms with van der Waals surface area (Å²) in [4.78, 5) is 14.7. The zero-order valence-corrected chi connectivity index (χ0v) is 13.7. The Bertz CT molecular complexity index is 285. The molecule has 0 bridgehead atoms. The second-order valence-corrected chi connectivity index (χ2v) is 5.97. The Morgan fingerprint density at radius 2 is 1.95 bits per heavy atom. The summed E-state index contributed by atoms with van der Waals surface area (Å²) in [6.45, 7) is 3.45. The van der Waals surface area contributed by atoms with E-state index in [4.69, 9.17) is 15.2 Å². The van der Waals surface area contributed by atoms with Crippen LogP contribution in [0.25, 0.3) is 0 Å². The molecule has 1 fully saturated rings. The van der Waals surface area contributed by atoms with Crippen molar-refractivity contribution in [2.24, 2.45) is 17.6 Å². The van der Waals surface area contributed by atoms with E-state index in [-0.39, 0.29) is 5.92 Å². The van der Waals surface area contributed by atoms with E-state index in [1.807, 2.05) is 4.90 Å². The summed E-state index contributed by atoms with van der Waals surface area (Å²) in [5.74, 6) is 1.10. The van der Waals surface area contributed by atoms with Crippen molar-refractivity contribution < 1.29 is 14.3 Å².